The van der Waals surface area contributed by atoms with Crippen molar-refractivity contribution in [1.82, 2.24) is 19.1 Å². The lowest BCUT2D eigenvalue weighted by molar-refractivity contribution is -0.0425. The van der Waals surface area contributed by atoms with E-state index >= 15 is 0 Å². The van der Waals surface area contributed by atoms with Crippen molar-refractivity contribution in [2.75, 3.05) is 19.0 Å². The van der Waals surface area contributed by atoms with Crippen LogP contribution in [0.3, 0.4) is 0 Å². The molecule has 0 aromatic carbocycles. The van der Waals surface area contributed by atoms with E-state index in [0.717, 1.165) is 0 Å². The molecule has 0 spiro atoms. The summed E-state index contributed by atoms with van der Waals surface area (Å²) in [5.74, 6) is 0.466. The normalized spacial score (nSPS) is 24.1. The molecule has 0 saturated carbocycles. The minimum atomic E-state index is -4.74. The Bertz CT molecular complexity index is 890. The number of hydrogen-bond donors (Lipinski definition) is 4. The first-order valence-corrected chi connectivity index (χ1v) is 8.89. The van der Waals surface area contributed by atoms with Crippen LogP contribution >= 0.6 is 7.82 Å². The van der Waals surface area contributed by atoms with Gasteiger partial charge in [-0.25, -0.2) is 14.3 Å². The van der Waals surface area contributed by atoms with Crippen LogP contribution in [0.1, 0.15) is 12.6 Å². The van der Waals surface area contributed by atoms with Gasteiger partial charge in [0.15, 0.2) is 5.65 Å². The van der Waals surface area contributed by atoms with E-state index < -0.39 is 38.6 Å². The molecule has 13 heteroatoms. The van der Waals surface area contributed by atoms with E-state index in [0.29, 0.717) is 11.3 Å². The van der Waals surface area contributed by atoms with Crippen molar-refractivity contribution in [2.24, 2.45) is 7.05 Å². The van der Waals surface area contributed by atoms with E-state index in [2.05, 4.69) is 19.8 Å². The molecule has 0 amide bonds. The van der Waals surface area contributed by atoms with Gasteiger partial charge in [0, 0.05) is 20.5 Å². The van der Waals surface area contributed by atoms with Crippen LogP contribution in [0.4, 0.5) is 5.82 Å². The van der Waals surface area contributed by atoms with Crippen LogP contribution in [0.15, 0.2) is 11.1 Å². The predicted octanol–water partition coefficient (Wildman–Crippen LogP) is -1.07. The molecule has 1 aliphatic rings. The summed E-state index contributed by atoms with van der Waals surface area (Å²) < 4.78 is 24.1. The summed E-state index contributed by atoms with van der Waals surface area (Å²) in [5.41, 5.74) is 0.192. The first kappa shape index (κ1) is 18.0. The highest BCUT2D eigenvalue weighted by atomic mass is 31.2. The summed E-state index contributed by atoms with van der Waals surface area (Å²) in [7, 11) is -1.54. The molecule has 3 atom stereocenters. The molecule has 3 rings (SSSR count). The Hall–Kier alpha value is -1.82. The fourth-order valence-corrected chi connectivity index (χ4v) is 3.45. The maximum absolute atomic E-state index is 12.0. The van der Waals surface area contributed by atoms with E-state index in [9.17, 15) is 14.5 Å². The predicted molar refractivity (Wildman–Crippen MR) is 84.8 cm³/mol. The number of aliphatic hydroxyl groups excluding tert-OH is 1. The van der Waals surface area contributed by atoms with Gasteiger partial charge in [0.1, 0.15) is 29.8 Å². The first-order chi connectivity index (χ1) is 11.7. The number of phosphoric acid groups is 1. The summed E-state index contributed by atoms with van der Waals surface area (Å²) in [6.45, 7) is -0.481. The van der Waals surface area contributed by atoms with Crippen LogP contribution in [0, 0.1) is 0 Å². The van der Waals surface area contributed by atoms with Crippen molar-refractivity contribution in [3.05, 3.63) is 16.8 Å². The molecule has 2 aromatic heterocycles. The summed E-state index contributed by atoms with van der Waals surface area (Å²) >= 11 is 0. The molecule has 1 fully saturated rings. The summed E-state index contributed by atoms with van der Waals surface area (Å²) in [6.07, 6.45) is -1.22. The number of nitrogens with zero attached hydrogens (tertiary/aromatic N) is 4. The third-order valence-electron chi connectivity index (χ3n) is 4.00. The molecule has 25 heavy (non-hydrogen) atoms. The SMILES string of the molecule is CNc1c2ncn([C@H]3C[C@H](OP(=O)(O)O)[C@@H](CO)O3)c2nc(=O)n1C. The minimum Gasteiger partial charge on any atom is -0.394 e. The zero-order valence-corrected chi connectivity index (χ0v) is 14.3. The molecular formula is C12H18N5O7P. The molecule has 12 nitrogen and oxygen atoms in total. The monoisotopic (exact) mass is 375 g/mol. The van der Waals surface area contributed by atoms with Gasteiger partial charge in [-0.1, -0.05) is 0 Å². The number of fused-ring (bicyclic) bond motifs is 1. The topological polar surface area (TPSA) is 161 Å². The van der Waals surface area contributed by atoms with Gasteiger partial charge < -0.3 is 24.9 Å². The highest BCUT2D eigenvalue weighted by Gasteiger charge is 2.40. The average Bonchev–Trinajstić information content (AvgIpc) is 3.10. The lowest BCUT2D eigenvalue weighted by Crippen LogP contribution is -2.26. The van der Waals surface area contributed by atoms with Crippen LogP contribution < -0.4 is 11.0 Å². The van der Waals surface area contributed by atoms with Crippen LogP contribution in [0.5, 0.6) is 0 Å². The molecule has 0 unspecified atom stereocenters. The van der Waals surface area contributed by atoms with Gasteiger partial charge in [0.05, 0.1) is 12.9 Å². The number of anilines is 1. The lowest BCUT2D eigenvalue weighted by Gasteiger charge is -2.16. The number of hydrogen-bond acceptors (Lipinski definition) is 8. The van der Waals surface area contributed by atoms with Gasteiger partial charge in [0.2, 0.25) is 0 Å². The molecule has 1 saturated heterocycles. The van der Waals surface area contributed by atoms with Gasteiger partial charge in [-0.05, 0) is 0 Å². The molecule has 138 valence electrons. The van der Waals surface area contributed by atoms with Gasteiger partial charge >= 0.3 is 13.5 Å². The average molecular weight is 375 g/mol. The van der Waals surface area contributed by atoms with Crippen LogP contribution in [-0.2, 0) is 20.9 Å². The summed E-state index contributed by atoms with van der Waals surface area (Å²) in [4.78, 5) is 38.2. The Kier molecular flexibility index (Phi) is 4.66. The summed E-state index contributed by atoms with van der Waals surface area (Å²) in [5, 5.41) is 12.2. The second kappa shape index (κ2) is 6.48. The maximum Gasteiger partial charge on any atom is 0.469 e. The maximum atomic E-state index is 12.0. The number of phosphoric ester groups is 1. The van der Waals surface area contributed by atoms with E-state index in [1.807, 2.05) is 0 Å². The second-order valence-corrected chi connectivity index (χ2v) is 6.75. The van der Waals surface area contributed by atoms with Crippen LogP contribution in [0.25, 0.3) is 11.2 Å². The fraction of sp³-hybridized carbons (Fsp3) is 0.583. The third-order valence-corrected chi connectivity index (χ3v) is 4.54. The number of ether oxygens (including phenoxy) is 1. The minimum absolute atomic E-state index is 0.0492. The van der Waals surface area contributed by atoms with Crippen LogP contribution in [-0.4, -0.2) is 59.9 Å². The zero-order chi connectivity index (χ0) is 18.4. The molecule has 2 aromatic rings. The molecule has 0 aliphatic carbocycles. The van der Waals surface area contributed by atoms with E-state index in [-0.39, 0.29) is 12.1 Å². The fourth-order valence-electron chi connectivity index (χ4n) is 2.87. The zero-order valence-electron chi connectivity index (χ0n) is 13.4. The highest BCUT2D eigenvalue weighted by molar-refractivity contribution is 7.46. The first-order valence-electron chi connectivity index (χ1n) is 7.36. The number of aromatic nitrogens is 4. The van der Waals surface area contributed by atoms with Crippen molar-refractivity contribution in [3.63, 3.8) is 0 Å². The Morgan fingerprint density at radius 1 is 1.52 bits per heavy atom. The number of aliphatic hydroxyl groups is 1. The molecule has 3 heterocycles. The van der Waals surface area contributed by atoms with Gasteiger partial charge in [-0.3, -0.25) is 13.7 Å². The molecule has 1 aliphatic heterocycles. The van der Waals surface area contributed by atoms with E-state index in [1.165, 1.54) is 15.5 Å². The molecule has 0 bridgehead atoms. The molecule has 0 radical (unpaired) electrons. The molecular weight excluding hydrogens is 357 g/mol. The number of nitrogens with one attached hydrogen (secondary N) is 1. The number of rotatable bonds is 5. The largest absolute Gasteiger partial charge is 0.469 e. The van der Waals surface area contributed by atoms with Gasteiger partial charge in [0.25, 0.3) is 0 Å². The number of imidazole rings is 1. The second-order valence-electron chi connectivity index (χ2n) is 5.56. The quantitative estimate of drug-likeness (QED) is 0.474. The smallest absolute Gasteiger partial charge is 0.394 e. The van der Waals surface area contributed by atoms with Crippen molar-refractivity contribution >= 4 is 24.8 Å². The third kappa shape index (κ3) is 3.32. The molecule has 4 N–H and O–H groups in total. The van der Waals surface area contributed by atoms with E-state index in [1.54, 1.807) is 14.1 Å². The van der Waals surface area contributed by atoms with Crippen molar-refractivity contribution in [3.8, 4) is 0 Å². The Balaban J connectivity index is 1.99. The van der Waals surface area contributed by atoms with Crippen molar-refractivity contribution in [1.29, 1.82) is 0 Å². The van der Waals surface area contributed by atoms with Gasteiger partial charge in [-0.15, -0.1) is 0 Å². The summed E-state index contributed by atoms with van der Waals surface area (Å²) in [6, 6.07) is 0. The Morgan fingerprint density at radius 2 is 2.24 bits per heavy atom. The van der Waals surface area contributed by atoms with Crippen molar-refractivity contribution < 1.29 is 28.7 Å². The van der Waals surface area contributed by atoms with Crippen LogP contribution in [0.2, 0.25) is 0 Å². The van der Waals surface area contributed by atoms with Gasteiger partial charge in [-0.2, -0.15) is 4.98 Å². The van der Waals surface area contributed by atoms with Crippen molar-refractivity contribution in [2.45, 2.75) is 24.9 Å². The Morgan fingerprint density at radius 3 is 2.84 bits per heavy atom. The Labute approximate surface area is 141 Å². The highest BCUT2D eigenvalue weighted by Crippen LogP contribution is 2.43. The lowest BCUT2D eigenvalue weighted by atomic mass is 10.2. The van der Waals surface area contributed by atoms with E-state index in [4.69, 9.17) is 14.5 Å². The standard InChI is InChI=1S/C12H18N5O7P/c1-13-10-9-11(15-12(19)16(10)2)17(5-14-9)8-3-6(7(4-18)23-8)24-25(20,21)22/h5-8,13,18H,3-4H2,1-2H3,(H2,20,21,22)/t6-,7+,8+/m0/s1.